The number of hydrogen-bond donors (Lipinski definition) is 0. The molecule has 0 N–H and O–H groups in total. The largest absolute Gasteiger partial charge is 0.241 e. The average molecular weight is 268 g/mol. The summed E-state index contributed by atoms with van der Waals surface area (Å²) in [6.07, 6.45) is 0. The number of nitriles is 1. The second-order valence-electron chi connectivity index (χ2n) is 4.22. The highest BCUT2D eigenvalue weighted by atomic mass is 32.1. The van der Waals surface area contributed by atoms with Gasteiger partial charge in [-0.25, -0.2) is 9.37 Å². The highest BCUT2D eigenvalue weighted by molar-refractivity contribution is 7.18. The van der Waals surface area contributed by atoms with Crippen molar-refractivity contribution in [2.75, 3.05) is 0 Å². The summed E-state index contributed by atoms with van der Waals surface area (Å²) in [6, 6.07) is 12.4. The van der Waals surface area contributed by atoms with E-state index in [9.17, 15) is 4.39 Å². The van der Waals surface area contributed by atoms with E-state index in [1.54, 1.807) is 23.5 Å². The number of benzene rings is 2. The van der Waals surface area contributed by atoms with Gasteiger partial charge in [0.15, 0.2) is 0 Å². The first-order chi connectivity index (χ1) is 9.17. The molecule has 92 valence electrons. The van der Waals surface area contributed by atoms with Crippen LogP contribution in [0.3, 0.4) is 0 Å². The van der Waals surface area contributed by atoms with Gasteiger partial charge in [0.1, 0.15) is 11.9 Å². The number of rotatable bonds is 1. The second kappa shape index (κ2) is 4.45. The van der Waals surface area contributed by atoms with Gasteiger partial charge in [-0.1, -0.05) is 12.1 Å². The monoisotopic (exact) mass is 268 g/mol. The van der Waals surface area contributed by atoms with E-state index in [1.165, 1.54) is 6.07 Å². The molecule has 0 spiro atoms. The van der Waals surface area contributed by atoms with Gasteiger partial charge in [0, 0.05) is 0 Å². The Kier molecular flexibility index (Phi) is 2.77. The van der Waals surface area contributed by atoms with E-state index in [1.807, 2.05) is 31.2 Å². The smallest absolute Gasteiger partial charge is 0.140 e. The summed E-state index contributed by atoms with van der Waals surface area (Å²) in [5.74, 6) is -0.489. The third-order valence-corrected chi connectivity index (χ3v) is 3.87. The maximum Gasteiger partial charge on any atom is 0.140 e. The molecule has 3 aromatic rings. The standard InChI is InChI=1S/C15H9FN2S/c1-9-18-14-7-11(3-5-15(14)19-9)10-2-4-13(16)12(6-10)8-17/h2-7H,1H3. The number of thiazole rings is 1. The van der Waals surface area contributed by atoms with E-state index in [4.69, 9.17) is 5.26 Å². The van der Waals surface area contributed by atoms with Crippen LogP contribution < -0.4 is 0 Å². The Morgan fingerprint density at radius 3 is 2.68 bits per heavy atom. The van der Waals surface area contributed by atoms with Gasteiger partial charge < -0.3 is 0 Å². The number of hydrogen-bond acceptors (Lipinski definition) is 3. The second-order valence-corrected chi connectivity index (χ2v) is 5.46. The van der Waals surface area contributed by atoms with Gasteiger partial charge in [-0.15, -0.1) is 11.3 Å². The van der Waals surface area contributed by atoms with Crippen molar-refractivity contribution in [3.8, 4) is 17.2 Å². The van der Waals surface area contributed by atoms with Crippen molar-refractivity contribution >= 4 is 21.6 Å². The van der Waals surface area contributed by atoms with Gasteiger partial charge in [-0.2, -0.15) is 5.26 Å². The lowest BCUT2D eigenvalue weighted by Gasteiger charge is -2.02. The normalized spacial score (nSPS) is 10.6. The van der Waals surface area contributed by atoms with Gasteiger partial charge in [0.05, 0.1) is 20.8 Å². The molecule has 4 heteroatoms. The van der Waals surface area contributed by atoms with E-state index >= 15 is 0 Å². The molecule has 0 radical (unpaired) electrons. The van der Waals surface area contributed by atoms with Crippen molar-refractivity contribution in [1.82, 2.24) is 4.98 Å². The molecule has 0 aliphatic heterocycles. The Hall–Kier alpha value is -2.25. The molecule has 0 fully saturated rings. The van der Waals surface area contributed by atoms with Crippen LogP contribution in [0.25, 0.3) is 21.3 Å². The highest BCUT2D eigenvalue weighted by Crippen LogP contribution is 2.28. The quantitative estimate of drug-likeness (QED) is 0.660. The maximum absolute atomic E-state index is 13.3. The van der Waals surface area contributed by atoms with Gasteiger partial charge in [0.2, 0.25) is 0 Å². The summed E-state index contributed by atoms with van der Waals surface area (Å²) < 4.78 is 14.4. The Labute approximate surface area is 113 Å². The van der Waals surface area contributed by atoms with E-state index in [-0.39, 0.29) is 5.56 Å². The fourth-order valence-electron chi connectivity index (χ4n) is 2.01. The lowest BCUT2D eigenvalue weighted by atomic mass is 10.0. The summed E-state index contributed by atoms with van der Waals surface area (Å²) in [4.78, 5) is 4.44. The zero-order chi connectivity index (χ0) is 13.4. The number of halogens is 1. The van der Waals surface area contributed by atoms with Crippen LogP contribution >= 0.6 is 11.3 Å². The molecule has 19 heavy (non-hydrogen) atoms. The summed E-state index contributed by atoms with van der Waals surface area (Å²) in [5, 5.41) is 9.88. The molecule has 0 aliphatic carbocycles. The molecule has 3 rings (SSSR count). The molecule has 0 bridgehead atoms. The van der Waals surface area contributed by atoms with E-state index in [0.717, 1.165) is 26.4 Å². The van der Waals surface area contributed by atoms with E-state index < -0.39 is 5.82 Å². The van der Waals surface area contributed by atoms with Crippen molar-refractivity contribution in [2.45, 2.75) is 6.92 Å². The molecule has 0 amide bonds. The summed E-state index contributed by atoms with van der Waals surface area (Å²) in [7, 11) is 0. The van der Waals surface area contributed by atoms with Crippen molar-refractivity contribution < 1.29 is 4.39 Å². The molecular weight excluding hydrogens is 259 g/mol. The third kappa shape index (κ3) is 2.09. The molecular formula is C15H9FN2S. The van der Waals surface area contributed by atoms with E-state index in [0.29, 0.717) is 0 Å². The number of aromatic nitrogens is 1. The number of nitrogens with zero attached hydrogens (tertiary/aromatic N) is 2. The summed E-state index contributed by atoms with van der Waals surface area (Å²) >= 11 is 1.64. The Balaban J connectivity index is 2.16. The van der Waals surface area contributed by atoms with Crippen LogP contribution in [0.1, 0.15) is 10.6 Å². The Bertz CT molecular complexity index is 815. The van der Waals surface area contributed by atoms with Crippen LogP contribution in [0.2, 0.25) is 0 Å². The van der Waals surface area contributed by atoms with Crippen molar-refractivity contribution in [2.24, 2.45) is 0 Å². The SMILES string of the molecule is Cc1nc2cc(-c3ccc(F)c(C#N)c3)ccc2s1. The molecule has 0 saturated heterocycles. The molecule has 1 aromatic heterocycles. The fraction of sp³-hybridized carbons (Fsp3) is 0.0667. The highest BCUT2D eigenvalue weighted by Gasteiger charge is 2.07. The first kappa shape index (κ1) is 11.8. The first-order valence-electron chi connectivity index (χ1n) is 5.74. The summed E-state index contributed by atoms with van der Waals surface area (Å²) in [6.45, 7) is 1.97. The minimum absolute atomic E-state index is 0.0621. The van der Waals surface area contributed by atoms with Crippen LogP contribution in [0.5, 0.6) is 0 Å². The van der Waals surface area contributed by atoms with Crippen molar-refractivity contribution in [3.63, 3.8) is 0 Å². The van der Waals surface area contributed by atoms with Crippen LogP contribution in [0, 0.1) is 24.1 Å². The number of fused-ring (bicyclic) bond motifs is 1. The lowest BCUT2D eigenvalue weighted by Crippen LogP contribution is -1.85. The van der Waals surface area contributed by atoms with Crippen LogP contribution in [-0.4, -0.2) is 4.98 Å². The topological polar surface area (TPSA) is 36.7 Å². The molecule has 0 aliphatic rings. The zero-order valence-electron chi connectivity index (χ0n) is 10.1. The van der Waals surface area contributed by atoms with Gasteiger partial charge >= 0.3 is 0 Å². The zero-order valence-corrected chi connectivity index (χ0v) is 11.0. The predicted molar refractivity (Wildman–Crippen MR) is 74.5 cm³/mol. The Morgan fingerprint density at radius 2 is 1.89 bits per heavy atom. The first-order valence-corrected chi connectivity index (χ1v) is 6.56. The molecule has 0 saturated carbocycles. The van der Waals surface area contributed by atoms with Crippen LogP contribution in [-0.2, 0) is 0 Å². The minimum Gasteiger partial charge on any atom is -0.241 e. The maximum atomic E-state index is 13.3. The van der Waals surface area contributed by atoms with Gasteiger partial charge in [0.25, 0.3) is 0 Å². The molecule has 2 aromatic carbocycles. The average Bonchev–Trinajstić information content (AvgIpc) is 2.78. The van der Waals surface area contributed by atoms with Gasteiger partial charge in [-0.05, 0) is 42.3 Å². The fourth-order valence-corrected chi connectivity index (χ4v) is 2.82. The lowest BCUT2D eigenvalue weighted by molar-refractivity contribution is 0.624. The summed E-state index contributed by atoms with van der Waals surface area (Å²) in [5.41, 5.74) is 2.76. The predicted octanol–water partition coefficient (Wildman–Crippen LogP) is 4.28. The molecule has 0 atom stereocenters. The van der Waals surface area contributed by atoms with Crippen molar-refractivity contribution in [1.29, 1.82) is 5.26 Å². The minimum atomic E-state index is -0.489. The van der Waals surface area contributed by atoms with Gasteiger partial charge in [-0.3, -0.25) is 0 Å². The number of aryl methyl sites for hydroxylation is 1. The third-order valence-electron chi connectivity index (χ3n) is 2.91. The Morgan fingerprint density at radius 1 is 1.16 bits per heavy atom. The molecule has 1 heterocycles. The van der Waals surface area contributed by atoms with Crippen molar-refractivity contribution in [3.05, 3.63) is 52.8 Å². The van der Waals surface area contributed by atoms with Crippen LogP contribution in [0.15, 0.2) is 36.4 Å². The molecule has 2 nitrogen and oxygen atoms in total. The molecule has 0 unspecified atom stereocenters. The van der Waals surface area contributed by atoms with E-state index in [2.05, 4.69) is 4.98 Å². The van der Waals surface area contributed by atoms with Crippen LogP contribution in [0.4, 0.5) is 4.39 Å².